The fourth-order valence-electron chi connectivity index (χ4n) is 0.892. The Morgan fingerprint density at radius 3 is 2.75 bits per heavy atom. The van der Waals surface area contributed by atoms with Gasteiger partial charge in [-0.05, 0) is 11.4 Å². The number of carbonyl (C=O) groups is 2. The van der Waals surface area contributed by atoms with Gasteiger partial charge in [0.1, 0.15) is 5.00 Å². The lowest BCUT2D eigenvalue weighted by atomic mass is 10.3. The summed E-state index contributed by atoms with van der Waals surface area (Å²) in [6, 6.07) is 0.459. The molecule has 1 aromatic heterocycles. The first-order valence-electron chi connectivity index (χ1n) is 4.14. The van der Waals surface area contributed by atoms with Gasteiger partial charge in [-0.15, -0.1) is 11.3 Å². The number of urea groups is 1. The summed E-state index contributed by atoms with van der Waals surface area (Å²) in [7, 11) is 0. The second-order valence-corrected chi connectivity index (χ2v) is 3.61. The van der Waals surface area contributed by atoms with Crippen LogP contribution >= 0.6 is 11.3 Å². The third kappa shape index (κ3) is 3.46. The van der Waals surface area contributed by atoms with Crippen LogP contribution in [0.2, 0.25) is 0 Å². The average Bonchev–Trinajstić information content (AvgIpc) is 2.62. The maximum absolute atomic E-state index is 11.7. The van der Waals surface area contributed by atoms with Crippen LogP contribution in [0, 0.1) is 0 Å². The Morgan fingerprint density at radius 2 is 2.19 bits per heavy atom. The van der Waals surface area contributed by atoms with Gasteiger partial charge in [-0.1, -0.05) is 0 Å². The number of alkyl halides is 2. The quantitative estimate of drug-likeness (QED) is 0.762. The fraction of sp³-hybridized carbons (Fsp3) is 0.250. The van der Waals surface area contributed by atoms with Crippen molar-refractivity contribution >= 4 is 28.3 Å². The van der Waals surface area contributed by atoms with Crippen LogP contribution in [-0.2, 0) is 0 Å². The molecule has 0 saturated heterocycles. The predicted octanol–water partition coefficient (Wildman–Crippen LogP) is 1.83. The summed E-state index contributed by atoms with van der Waals surface area (Å²) in [5.74, 6) is -1.19. The van der Waals surface area contributed by atoms with E-state index < -0.39 is 25.0 Å². The first-order chi connectivity index (χ1) is 7.50. The Bertz CT molecular complexity index is 394. The largest absolute Gasteiger partial charge is 0.478 e. The molecule has 1 aromatic rings. The van der Waals surface area contributed by atoms with Crippen LogP contribution < -0.4 is 10.6 Å². The first-order valence-corrected chi connectivity index (χ1v) is 5.02. The molecule has 0 saturated carbocycles. The molecule has 0 unspecified atom stereocenters. The normalized spacial score (nSPS) is 10.2. The van der Waals surface area contributed by atoms with Crippen molar-refractivity contribution in [3.63, 3.8) is 0 Å². The maximum Gasteiger partial charge on any atom is 0.338 e. The number of nitrogens with one attached hydrogen (secondary N) is 2. The van der Waals surface area contributed by atoms with E-state index in [9.17, 15) is 18.4 Å². The average molecular weight is 250 g/mol. The maximum atomic E-state index is 11.7. The number of amides is 2. The molecule has 0 aliphatic rings. The number of thiophene rings is 1. The number of halogens is 2. The molecule has 88 valence electrons. The Kier molecular flexibility index (Phi) is 4.18. The van der Waals surface area contributed by atoms with E-state index in [1.165, 1.54) is 11.4 Å². The highest BCUT2D eigenvalue weighted by Gasteiger charge is 2.14. The van der Waals surface area contributed by atoms with E-state index in [2.05, 4.69) is 5.32 Å². The lowest BCUT2D eigenvalue weighted by molar-refractivity contribution is 0.0698. The van der Waals surface area contributed by atoms with Crippen molar-refractivity contribution in [2.75, 3.05) is 11.9 Å². The van der Waals surface area contributed by atoms with Gasteiger partial charge >= 0.3 is 12.0 Å². The van der Waals surface area contributed by atoms with Gasteiger partial charge in [-0.25, -0.2) is 18.4 Å². The van der Waals surface area contributed by atoms with Crippen LogP contribution in [0.25, 0.3) is 0 Å². The second kappa shape index (κ2) is 5.40. The van der Waals surface area contributed by atoms with Gasteiger partial charge in [0, 0.05) is 0 Å². The van der Waals surface area contributed by atoms with Crippen molar-refractivity contribution in [1.82, 2.24) is 5.32 Å². The first kappa shape index (κ1) is 12.4. The summed E-state index contributed by atoms with van der Waals surface area (Å²) < 4.78 is 23.5. The van der Waals surface area contributed by atoms with E-state index in [1.54, 1.807) is 0 Å². The smallest absolute Gasteiger partial charge is 0.338 e. The summed E-state index contributed by atoms with van der Waals surface area (Å²) in [6.45, 7) is -0.778. The highest BCUT2D eigenvalue weighted by atomic mass is 32.1. The highest BCUT2D eigenvalue weighted by molar-refractivity contribution is 7.14. The second-order valence-electron chi connectivity index (χ2n) is 2.69. The van der Waals surface area contributed by atoms with Crippen LogP contribution in [0.1, 0.15) is 10.4 Å². The van der Waals surface area contributed by atoms with E-state index >= 15 is 0 Å². The lowest BCUT2D eigenvalue weighted by Crippen LogP contribution is -2.32. The van der Waals surface area contributed by atoms with Crippen LogP contribution in [-0.4, -0.2) is 30.1 Å². The minimum Gasteiger partial charge on any atom is -0.478 e. The molecule has 0 atom stereocenters. The van der Waals surface area contributed by atoms with Gasteiger partial charge in [-0.2, -0.15) is 0 Å². The molecule has 5 nitrogen and oxygen atoms in total. The molecule has 0 aliphatic heterocycles. The predicted molar refractivity (Wildman–Crippen MR) is 54.3 cm³/mol. The molecule has 0 aliphatic carbocycles. The molecule has 2 amide bonds. The molecule has 0 bridgehead atoms. The lowest BCUT2D eigenvalue weighted by Gasteiger charge is -2.05. The van der Waals surface area contributed by atoms with Crippen molar-refractivity contribution in [1.29, 1.82) is 0 Å². The Morgan fingerprint density at radius 1 is 1.50 bits per heavy atom. The summed E-state index contributed by atoms with van der Waals surface area (Å²) in [5.41, 5.74) is -0.0720. The van der Waals surface area contributed by atoms with E-state index in [1.807, 2.05) is 5.32 Å². The Balaban J connectivity index is 2.56. The number of aromatic carboxylic acids is 1. The number of carboxylic acids is 1. The molecule has 16 heavy (non-hydrogen) atoms. The van der Waals surface area contributed by atoms with Crippen LogP contribution in [0.15, 0.2) is 11.4 Å². The summed E-state index contributed by atoms with van der Waals surface area (Å²) in [5, 5.41) is 14.4. The number of carbonyl (C=O) groups excluding carboxylic acids is 1. The van der Waals surface area contributed by atoms with Crippen LogP contribution in [0.4, 0.5) is 18.6 Å². The molecule has 3 N–H and O–H groups in total. The SMILES string of the molecule is O=C(NCC(F)F)Nc1sccc1C(=O)O. The summed E-state index contributed by atoms with van der Waals surface area (Å²) in [4.78, 5) is 21.7. The molecule has 1 rings (SSSR count). The zero-order valence-electron chi connectivity index (χ0n) is 7.87. The zero-order valence-corrected chi connectivity index (χ0v) is 8.68. The fourth-order valence-corrected chi connectivity index (χ4v) is 1.67. The van der Waals surface area contributed by atoms with E-state index in [-0.39, 0.29) is 10.6 Å². The van der Waals surface area contributed by atoms with Crippen molar-refractivity contribution < 1.29 is 23.5 Å². The minimum atomic E-state index is -2.65. The number of carboxylic acid groups (broad SMARTS) is 1. The molecule has 0 fully saturated rings. The number of anilines is 1. The summed E-state index contributed by atoms with van der Waals surface area (Å²) >= 11 is 1.00. The van der Waals surface area contributed by atoms with Gasteiger partial charge in [0.25, 0.3) is 6.43 Å². The van der Waals surface area contributed by atoms with Gasteiger partial charge < -0.3 is 10.4 Å². The highest BCUT2D eigenvalue weighted by Crippen LogP contribution is 2.22. The van der Waals surface area contributed by atoms with Gasteiger partial charge in [0.05, 0.1) is 12.1 Å². The molecular weight excluding hydrogens is 242 g/mol. The van der Waals surface area contributed by atoms with Crippen molar-refractivity contribution in [3.8, 4) is 0 Å². The minimum absolute atomic E-state index is 0.0720. The van der Waals surface area contributed by atoms with E-state index in [4.69, 9.17) is 5.11 Å². The van der Waals surface area contributed by atoms with Crippen LogP contribution in [0.3, 0.4) is 0 Å². The third-order valence-electron chi connectivity index (χ3n) is 1.54. The standard InChI is InChI=1S/C8H8F2N2O3S/c9-5(10)3-11-8(15)12-6-4(7(13)14)1-2-16-6/h1-2,5H,3H2,(H,13,14)(H2,11,12,15). The van der Waals surface area contributed by atoms with Gasteiger partial charge in [0.15, 0.2) is 0 Å². The van der Waals surface area contributed by atoms with Gasteiger partial charge in [-0.3, -0.25) is 5.32 Å². The molecule has 0 radical (unpaired) electrons. The number of hydrogen-bond acceptors (Lipinski definition) is 3. The molecular formula is C8H8F2N2O3S. The Labute approximate surface area is 93.1 Å². The topological polar surface area (TPSA) is 78.4 Å². The van der Waals surface area contributed by atoms with Gasteiger partial charge in [0.2, 0.25) is 0 Å². The number of rotatable bonds is 4. The molecule has 0 aromatic carbocycles. The number of hydrogen-bond donors (Lipinski definition) is 3. The van der Waals surface area contributed by atoms with Crippen LogP contribution in [0.5, 0.6) is 0 Å². The summed E-state index contributed by atoms with van der Waals surface area (Å²) in [6.07, 6.45) is -2.65. The van der Waals surface area contributed by atoms with E-state index in [0.29, 0.717) is 0 Å². The Hall–Kier alpha value is -1.70. The van der Waals surface area contributed by atoms with Crippen molar-refractivity contribution in [2.24, 2.45) is 0 Å². The molecule has 0 spiro atoms. The van der Waals surface area contributed by atoms with Crippen molar-refractivity contribution in [2.45, 2.75) is 6.43 Å². The molecule has 8 heteroatoms. The monoisotopic (exact) mass is 250 g/mol. The van der Waals surface area contributed by atoms with Crippen molar-refractivity contribution in [3.05, 3.63) is 17.0 Å². The molecule has 1 heterocycles. The van der Waals surface area contributed by atoms with E-state index in [0.717, 1.165) is 11.3 Å². The third-order valence-corrected chi connectivity index (χ3v) is 2.37. The zero-order chi connectivity index (χ0) is 12.1.